The molecule has 17 heavy (non-hydrogen) atoms. The summed E-state index contributed by atoms with van der Waals surface area (Å²) < 4.78 is 11.1. The van der Waals surface area contributed by atoms with Crippen LogP contribution in [0, 0.1) is 19.8 Å². The summed E-state index contributed by atoms with van der Waals surface area (Å²) in [7, 11) is 0. The number of hydrogen-bond acceptors (Lipinski definition) is 3. The minimum Gasteiger partial charge on any atom is -0.492 e. The van der Waals surface area contributed by atoms with Crippen molar-refractivity contribution in [3.8, 4) is 5.75 Å². The number of rotatable bonds is 4. The van der Waals surface area contributed by atoms with Gasteiger partial charge in [0.05, 0.1) is 6.61 Å². The van der Waals surface area contributed by atoms with E-state index in [4.69, 9.17) is 15.2 Å². The zero-order valence-corrected chi connectivity index (χ0v) is 10.6. The molecule has 1 fully saturated rings. The molecule has 1 aromatic rings. The van der Waals surface area contributed by atoms with Gasteiger partial charge in [0, 0.05) is 18.6 Å². The summed E-state index contributed by atoms with van der Waals surface area (Å²) in [6.07, 6.45) is 1.05. The highest BCUT2D eigenvalue weighted by atomic mass is 16.5. The van der Waals surface area contributed by atoms with Crippen molar-refractivity contribution < 1.29 is 9.47 Å². The average molecular weight is 235 g/mol. The van der Waals surface area contributed by atoms with Gasteiger partial charge >= 0.3 is 0 Å². The van der Waals surface area contributed by atoms with Gasteiger partial charge in [-0.3, -0.25) is 0 Å². The third kappa shape index (κ3) is 3.20. The monoisotopic (exact) mass is 235 g/mol. The van der Waals surface area contributed by atoms with E-state index in [-0.39, 0.29) is 6.04 Å². The van der Waals surface area contributed by atoms with Gasteiger partial charge in [0.15, 0.2) is 0 Å². The van der Waals surface area contributed by atoms with Crippen LogP contribution in [0.3, 0.4) is 0 Å². The van der Waals surface area contributed by atoms with E-state index in [0.717, 1.165) is 25.4 Å². The summed E-state index contributed by atoms with van der Waals surface area (Å²) in [5, 5.41) is 0. The normalized spacial score (nSPS) is 21.5. The van der Waals surface area contributed by atoms with Gasteiger partial charge in [0.1, 0.15) is 12.4 Å². The van der Waals surface area contributed by atoms with Crippen molar-refractivity contribution in [2.45, 2.75) is 26.3 Å². The predicted molar refractivity (Wildman–Crippen MR) is 68.3 cm³/mol. The highest BCUT2D eigenvalue weighted by Gasteiger charge is 2.23. The van der Waals surface area contributed by atoms with E-state index in [0.29, 0.717) is 12.5 Å². The maximum absolute atomic E-state index is 6.09. The first-order valence-electron chi connectivity index (χ1n) is 6.20. The van der Waals surface area contributed by atoms with Crippen molar-refractivity contribution in [2.75, 3.05) is 19.8 Å². The number of ether oxygens (including phenoxy) is 2. The molecule has 1 aliphatic heterocycles. The molecule has 0 aromatic heterocycles. The van der Waals surface area contributed by atoms with E-state index in [2.05, 4.69) is 26.0 Å². The fourth-order valence-corrected chi connectivity index (χ4v) is 2.02. The topological polar surface area (TPSA) is 44.5 Å². The molecule has 0 bridgehead atoms. The molecule has 2 atom stereocenters. The first-order valence-corrected chi connectivity index (χ1v) is 6.20. The fraction of sp³-hybridized carbons (Fsp3) is 0.571. The molecule has 2 rings (SSSR count). The van der Waals surface area contributed by atoms with Gasteiger partial charge in [0.25, 0.3) is 0 Å². The van der Waals surface area contributed by atoms with Crippen molar-refractivity contribution in [1.29, 1.82) is 0 Å². The lowest BCUT2D eigenvalue weighted by Gasteiger charge is -2.18. The Bertz CT molecular complexity index is 372. The zero-order valence-electron chi connectivity index (χ0n) is 10.6. The Balaban J connectivity index is 1.86. The first-order chi connectivity index (χ1) is 8.16. The molecule has 3 heteroatoms. The van der Waals surface area contributed by atoms with E-state index >= 15 is 0 Å². The van der Waals surface area contributed by atoms with Gasteiger partial charge in [-0.1, -0.05) is 6.07 Å². The molecule has 1 heterocycles. The summed E-state index contributed by atoms with van der Waals surface area (Å²) in [6.45, 7) is 6.36. The van der Waals surface area contributed by atoms with Crippen molar-refractivity contribution in [1.82, 2.24) is 0 Å². The lowest BCUT2D eigenvalue weighted by molar-refractivity contribution is 0.170. The lowest BCUT2D eigenvalue weighted by Crippen LogP contribution is -2.36. The van der Waals surface area contributed by atoms with Gasteiger partial charge in [-0.2, -0.15) is 0 Å². The zero-order chi connectivity index (χ0) is 12.3. The third-order valence-electron chi connectivity index (χ3n) is 3.49. The standard InChI is InChI=1S/C14H21NO2/c1-10-3-4-13(7-11(10)2)17-9-14(15)12-5-6-16-8-12/h3-4,7,12,14H,5-6,8-9,15H2,1-2H3. The lowest BCUT2D eigenvalue weighted by atomic mass is 10.0. The van der Waals surface area contributed by atoms with Crippen LogP contribution in [-0.2, 0) is 4.74 Å². The van der Waals surface area contributed by atoms with Gasteiger partial charge in [0.2, 0.25) is 0 Å². The summed E-state index contributed by atoms with van der Waals surface area (Å²) in [5.74, 6) is 1.35. The Hall–Kier alpha value is -1.06. The largest absolute Gasteiger partial charge is 0.492 e. The van der Waals surface area contributed by atoms with Crippen molar-refractivity contribution in [2.24, 2.45) is 11.7 Å². The molecule has 2 unspecified atom stereocenters. The Labute approximate surface area is 103 Å². The summed E-state index contributed by atoms with van der Waals surface area (Å²) in [6, 6.07) is 6.21. The summed E-state index contributed by atoms with van der Waals surface area (Å²) in [5.41, 5.74) is 8.62. The van der Waals surface area contributed by atoms with Crippen molar-refractivity contribution in [3.63, 3.8) is 0 Å². The highest BCUT2D eigenvalue weighted by molar-refractivity contribution is 5.33. The second kappa shape index (κ2) is 5.52. The fourth-order valence-electron chi connectivity index (χ4n) is 2.02. The van der Waals surface area contributed by atoms with Gasteiger partial charge in [-0.05, 0) is 43.5 Å². The Morgan fingerprint density at radius 1 is 1.41 bits per heavy atom. The average Bonchev–Trinajstić information content (AvgIpc) is 2.84. The minimum atomic E-state index is 0.0686. The molecule has 1 aliphatic rings. The molecule has 0 spiro atoms. The van der Waals surface area contributed by atoms with E-state index in [9.17, 15) is 0 Å². The molecule has 0 amide bonds. The van der Waals surface area contributed by atoms with E-state index in [1.54, 1.807) is 0 Å². The molecule has 1 aromatic carbocycles. The molecule has 3 nitrogen and oxygen atoms in total. The molecular weight excluding hydrogens is 214 g/mol. The number of aryl methyl sites for hydroxylation is 2. The minimum absolute atomic E-state index is 0.0686. The summed E-state index contributed by atoms with van der Waals surface area (Å²) in [4.78, 5) is 0. The van der Waals surface area contributed by atoms with Crippen LogP contribution in [0.2, 0.25) is 0 Å². The molecule has 2 N–H and O–H groups in total. The maximum atomic E-state index is 6.09. The van der Waals surface area contributed by atoms with E-state index < -0.39 is 0 Å². The van der Waals surface area contributed by atoms with Crippen LogP contribution in [0.1, 0.15) is 17.5 Å². The van der Waals surface area contributed by atoms with Crippen molar-refractivity contribution in [3.05, 3.63) is 29.3 Å². The second-order valence-corrected chi connectivity index (χ2v) is 4.84. The molecule has 0 radical (unpaired) electrons. The second-order valence-electron chi connectivity index (χ2n) is 4.84. The molecule has 0 aliphatic carbocycles. The molecule has 94 valence electrons. The third-order valence-corrected chi connectivity index (χ3v) is 3.49. The van der Waals surface area contributed by atoms with Crippen LogP contribution in [0.4, 0.5) is 0 Å². The molecule has 0 saturated carbocycles. The van der Waals surface area contributed by atoms with Crippen LogP contribution < -0.4 is 10.5 Å². The van der Waals surface area contributed by atoms with Crippen LogP contribution >= 0.6 is 0 Å². The molecular formula is C14H21NO2. The SMILES string of the molecule is Cc1ccc(OCC(N)C2CCOC2)cc1C. The smallest absolute Gasteiger partial charge is 0.119 e. The number of hydrogen-bond donors (Lipinski definition) is 1. The van der Waals surface area contributed by atoms with E-state index in [1.165, 1.54) is 11.1 Å². The van der Waals surface area contributed by atoms with Crippen molar-refractivity contribution >= 4 is 0 Å². The number of benzene rings is 1. The van der Waals surface area contributed by atoms with Crippen LogP contribution in [0.5, 0.6) is 5.75 Å². The van der Waals surface area contributed by atoms with Crippen LogP contribution in [0.25, 0.3) is 0 Å². The predicted octanol–water partition coefficient (Wildman–Crippen LogP) is 2.05. The maximum Gasteiger partial charge on any atom is 0.119 e. The Kier molecular flexibility index (Phi) is 4.02. The highest BCUT2D eigenvalue weighted by Crippen LogP contribution is 2.19. The molecule has 1 saturated heterocycles. The van der Waals surface area contributed by atoms with Gasteiger partial charge in [-0.25, -0.2) is 0 Å². The van der Waals surface area contributed by atoms with Gasteiger partial charge in [-0.15, -0.1) is 0 Å². The Morgan fingerprint density at radius 3 is 2.88 bits per heavy atom. The Morgan fingerprint density at radius 2 is 2.24 bits per heavy atom. The number of nitrogens with two attached hydrogens (primary N) is 1. The summed E-state index contributed by atoms with van der Waals surface area (Å²) >= 11 is 0. The quantitative estimate of drug-likeness (QED) is 0.868. The van der Waals surface area contributed by atoms with Crippen LogP contribution in [-0.4, -0.2) is 25.9 Å². The van der Waals surface area contributed by atoms with Crippen LogP contribution in [0.15, 0.2) is 18.2 Å². The first kappa shape index (κ1) is 12.4. The van der Waals surface area contributed by atoms with Gasteiger partial charge < -0.3 is 15.2 Å². The van der Waals surface area contributed by atoms with E-state index in [1.807, 2.05) is 6.07 Å².